The summed E-state index contributed by atoms with van der Waals surface area (Å²) < 4.78 is 0. The SMILES string of the molecule is O=C(O)CCc1cccc(S)c1O. The zero-order chi connectivity index (χ0) is 9.84. The Kier molecular flexibility index (Phi) is 3.19. The minimum atomic E-state index is -0.871. The minimum absolute atomic E-state index is 0.0186. The molecule has 1 aromatic carbocycles. The highest BCUT2D eigenvalue weighted by atomic mass is 32.1. The van der Waals surface area contributed by atoms with Crippen LogP contribution in [0, 0.1) is 0 Å². The first kappa shape index (κ1) is 9.92. The third-order valence-corrected chi connectivity index (χ3v) is 2.07. The molecule has 0 spiro atoms. The highest BCUT2D eigenvalue weighted by Crippen LogP contribution is 2.26. The Hall–Kier alpha value is -1.16. The summed E-state index contributed by atoms with van der Waals surface area (Å²) in [5, 5.41) is 17.9. The van der Waals surface area contributed by atoms with Crippen LogP contribution in [0.25, 0.3) is 0 Å². The molecular weight excluding hydrogens is 188 g/mol. The molecule has 3 nitrogen and oxygen atoms in total. The van der Waals surface area contributed by atoms with Gasteiger partial charge in [0.1, 0.15) is 5.75 Å². The monoisotopic (exact) mass is 198 g/mol. The number of benzene rings is 1. The molecule has 0 aromatic heterocycles. The molecule has 0 aliphatic heterocycles. The highest BCUT2D eigenvalue weighted by molar-refractivity contribution is 7.80. The third-order valence-electron chi connectivity index (χ3n) is 1.71. The Morgan fingerprint density at radius 2 is 2.15 bits per heavy atom. The van der Waals surface area contributed by atoms with E-state index in [1.165, 1.54) is 0 Å². The molecule has 0 unspecified atom stereocenters. The van der Waals surface area contributed by atoms with Gasteiger partial charge in [-0.3, -0.25) is 4.79 Å². The number of hydrogen-bond acceptors (Lipinski definition) is 3. The molecule has 13 heavy (non-hydrogen) atoms. The van der Waals surface area contributed by atoms with Crippen molar-refractivity contribution in [1.29, 1.82) is 0 Å². The summed E-state index contributed by atoms with van der Waals surface area (Å²) in [7, 11) is 0. The van der Waals surface area contributed by atoms with E-state index in [4.69, 9.17) is 5.11 Å². The molecule has 0 fully saturated rings. The lowest BCUT2D eigenvalue weighted by Crippen LogP contribution is -1.97. The maximum Gasteiger partial charge on any atom is 0.303 e. The number of rotatable bonds is 3. The van der Waals surface area contributed by atoms with Crippen LogP contribution < -0.4 is 0 Å². The van der Waals surface area contributed by atoms with Gasteiger partial charge in [0.25, 0.3) is 0 Å². The summed E-state index contributed by atoms with van der Waals surface area (Å²) in [6.45, 7) is 0. The normalized spacial score (nSPS) is 9.92. The van der Waals surface area contributed by atoms with Gasteiger partial charge in [0, 0.05) is 11.3 Å². The molecule has 0 saturated carbocycles. The predicted molar refractivity (Wildman–Crippen MR) is 51.3 cm³/mol. The summed E-state index contributed by atoms with van der Waals surface area (Å²) in [6, 6.07) is 5.08. The van der Waals surface area contributed by atoms with E-state index in [1.54, 1.807) is 18.2 Å². The maximum absolute atomic E-state index is 10.3. The van der Waals surface area contributed by atoms with Crippen molar-refractivity contribution < 1.29 is 15.0 Å². The van der Waals surface area contributed by atoms with Crippen LogP contribution in [0.1, 0.15) is 12.0 Å². The van der Waals surface area contributed by atoms with E-state index in [-0.39, 0.29) is 12.2 Å². The zero-order valence-electron chi connectivity index (χ0n) is 6.90. The Balaban J connectivity index is 2.77. The fourth-order valence-corrected chi connectivity index (χ4v) is 1.25. The summed E-state index contributed by atoms with van der Waals surface area (Å²) in [5.74, 6) is -0.795. The summed E-state index contributed by atoms with van der Waals surface area (Å²) >= 11 is 4.01. The lowest BCUT2D eigenvalue weighted by molar-refractivity contribution is -0.136. The number of carbonyl (C=O) groups is 1. The second-order valence-electron chi connectivity index (χ2n) is 2.68. The minimum Gasteiger partial charge on any atom is -0.507 e. The number of para-hydroxylation sites is 1. The van der Waals surface area contributed by atoms with E-state index >= 15 is 0 Å². The van der Waals surface area contributed by atoms with E-state index in [9.17, 15) is 9.90 Å². The van der Waals surface area contributed by atoms with Gasteiger partial charge in [-0.25, -0.2) is 0 Å². The van der Waals surface area contributed by atoms with Crippen molar-refractivity contribution in [1.82, 2.24) is 0 Å². The summed E-state index contributed by atoms with van der Waals surface area (Å²) in [6.07, 6.45) is 0.348. The molecule has 2 N–H and O–H groups in total. The molecule has 0 aliphatic rings. The lowest BCUT2D eigenvalue weighted by atomic mass is 10.1. The molecule has 0 saturated heterocycles. The Bertz CT molecular complexity index is 323. The molecule has 4 heteroatoms. The second-order valence-corrected chi connectivity index (χ2v) is 3.16. The van der Waals surface area contributed by atoms with E-state index in [0.717, 1.165) is 0 Å². The number of aryl methyl sites for hydroxylation is 1. The van der Waals surface area contributed by atoms with Gasteiger partial charge < -0.3 is 10.2 Å². The topological polar surface area (TPSA) is 57.5 Å². The second kappa shape index (κ2) is 4.18. The lowest BCUT2D eigenvalue weighted by Gasteiger charge is -2.04. The van der Waals surface area contributed by atoms with Crippen LogP contribution >= 0.6 is 12.6 Å². The van der Waals surface area contributed by atoms with Crippen molar-refractivity contribution in [2.75, 3.05) is 0 Å². The first-order valence-electron chi connectivity index (χ1n) is 3.83. The number of carboxylic acid groups (broad SMARTS) is 1. The van der Waals surface area contributed by atoms with E-state index < -0.39 is 5.97 Å². The van der Waals surface area contributed by atoms with Crippen molar-refractivity contribution in [3.05, 3.63) is 23.8 Å². The van der Waals surface area contributed by atoms with E-state index in [0.29, 0.717) is 16.9 Å². The van der Waals surface area contributed by atoms with Gasteiger partial charge in [-0.1, -0.05) is 12.1 Å². The van der Waals surface area contributed by atoms with Crippen molar-refractivity contribution in [3.63, 3.8) is 0 Å². The Morgan fingerprint density at radius 3 is 2.77 bits per heavy atom. The van der Waals surface area contributed by atoms with Crippen LogP contribution in [0.4, 0.5) is 0 Å². The molecular formula is C9H10O3S. The summed E-state index contributed by atoms with van der Waals surface area (Å²) in [4.78, 5) is 10.7. The van der Waals surface area contributed by atoms with E-state index in [2.05, 4.69) is 12.6 Å². The van der Waals surface area contributed by atoms with Gasteiger partial charge in [-0.15, -0.1) is 12.6 Å². The molecule has 0 amide bonds. The third kappa shape index (κ3) is 2.66. The first-order chi connectivity index (χ1) is 6.11. The van der Waals surface area contributed by atoms with Gasteiger partial charge >= 0.3 is 5.97 Å². The number of phenolic OH excluding ortho intramolecular Hbond substituents is 1. The first-order valence-corrected chi connectivity index (χ1v) is 4.27. The number of aromatic hydroxyl groups is 1. The molecule has 1 aromatic rings. The maximum atomic E-state index is 10.3. The van der Waals surface area contributed by atoms with Crippen LogP contribution in [-0.4, -0.2) is 16.2 Å². The molecule has 0 aliphatic carbocycles. The van der Waals surface area contributed by atoms with E-state index in [1.807, 2.05) is 0 Å². The Labute approximate surface area is 81.4 Å². The van der Waals surface area contributed by atoms with Crippen LogP contribution in [0.2, 0.25) is 0 Å². The smallest absolute Gasteiger partial charge is 0.303 e. The Morgan fingerprint density at radius 1 is 1.46 bits per heavy atom. The fourth-order valence-electron chi connectivity index (χ4n) is 1.02. The van der Waals surface area contributed by atoms with Gasteiger partial charge in [-0.05, 0) is 18.1 Å². The van der Waals surface area contributed by atoms with Gasteiger partial charge in [0.05, 0.1) is 0 Å². The predicted octanol–water partition coefficient (Wildman–Crippen LogP) is 1.70. The van der Waals surface area contributed by atoms with Crippen molar-refractivity contribution in [2.45, 2.75) is 17.7 Å². The largest absolute Gasteiger partial charge is 0.507 e. The number of thiol groups is 1. The van der Waals surface area contributed by atoms with Crippen LogP contribution in [-0.2, 0) is 11.2 Å². The average Bonchev–Trinajstić information content (AvgIpc) is 2.07. The fraction of sp³-hybridized carbons (Fsp3) is 0.222. The van der Waals surface area contributed by atoms with Crippen LogP contribution in [0.5, 0.6) is 5.75 Å². The van der Waals surface area contributed by atoms with Gasteiger partial charge in [-0.2, -0.15) is 0 Å². The molecule has 0 bridgehead atoms. The summed E-state index contributed by atoms with van der Waals surface area (Å²) in [5.41, 5.74) is 0.620. The number of aliphatic carboxylic acids is 1. The highest BCUT2D eigenvalue weighted by Gasteiger charge is 2.05. The van der Waals surface area contributed by atoms with Crippen molar-refractivity contribution in [2.24, 2.45) is 0 Å². The van der Waals surface area contributed by atoms with Gasteiger partial charge in [0.2, 0.25) is 0 Å². The molecule has 0 heterocycles. The van der Waals surface area contributed by atoms with Crippen molar-refractivity contribution >= 4 is 18.6 Å². The van der Waals surface area contributed by atoms with Crippen molar-refractivity contribution in [3.8, 4) is 5.75 Å². The number of hydrogen-bond donors (Lipinski definition) is 3. The number of carboxylic acids is 1. The zero-order valence-corrected chi connectivity index (χ0v) is 7.79. The molecule has 0 atom stereocenters. The quantitative estimate of drug-likeness (QED) is 0.648. The average molecular weight is 198 g/mol. The molecule has 0 radical (unpaired) electrons. The number of phenols is 1. The standard InChI is InChI=1S/C9H10O3S/c10-8(11)5-4-6-2-1-3-7(13)9(6)12/h1-3,12-13H,4-5H2,(H,10,11). The molecule has 70 valence electrons. The molecule has 1 rings (SSSR count). The van der Waals surface area contributed by atoms with Crippen LogP contribution in [0.3, 0.4) is 0 Å². The van der Waals surface area contributed by atoms with Gasteiger partial charge in [0.15, 0.2) is 0 Å². The van der Waals surface area contributed by atoms with Crippen LogP contribution in [0.15, 0.2) is 23.1 Å².